The number of methoxy groups -OCH3 is 1. The highest BCUT2D eigenvalue weighted by Gasteiger charge is 2.32. The van der Waals surface area contributed by atoms with E-state index in [0.717, 1.165) is 47.5 Å². The second-order valence-electron chi connectivity index (χ2n) is 9.32. The molecule has 0 bridgehead atoms. The standard InChI is InChI=1S/C25H34BrN5O2/c1-16(2)27-14-19(18-6-8-22(33-4)20(26)13-18)25(32)31-11-9-30(10-12-31)24-23-17(3)5-7-21(23)28-15-29-24/h6,8,13,15-17,19,27H,5,7,9-12,14H2,1-4H3/t17-,19-/m1/s1. The Labute approximate surface area is 205 Å². The Morgan fingerprint density at radius 1 is 1.24 bits per heavy atom. The lowest BCUT2D eigenvalue weighted by molar-refractivity contribution is -0.133. The van der Waals surface area contributed by atoms with E-state index in [0.29, 0.717) is 31.6 Å². The predicted octanol–water partition coefficient (Wildman–Crippen LogP) is 3.73. The SMILES string of the molecule is COc1ccc([C@@H](CNC(C)C)C(=O)N2CCN(c3ncnc4c3[C@H](C)CC4)CC2)cc1Br. The monoisotopic (exact) mass is 515 g/mol. The smallest absolute Gasteiger partial charge is 0.231 e. The van der Waals surface area contributed by atoms with Gasteiger partial charge in [0.05, 0.1) is 17.5 Å². The maximum Gasteiger partial charge on any atom is 0.231 e. The minimum atomic E-state index is -0.246. The van der Waals surface area contributed by atoms with E-state index in [-0.39, 0.29) is 11.8 Å². The van der Waals surface area contributed by atoms with Crippen molar-refractivity contribution in [1.29, 1.82) is 0 Å². The summed E-state index contributed by atoms with van der Waals surface area (Å²) in [7, 11) is 1.65. The highest BCUT2D eigenvalue weighted by Crippen LogP contribution is 2.37. The average molecular weight is 516 g/mol. The molecule has 1 aromatic carbocycles. The van der Waals surface area contributed by atoms with Crippen LogP contribution in [0.15, 0.2) is 29.0 Å². The van der Waals surface area contributed by atoms with Crippen LogP contribution in [0.1, 0.15) is 55.8 Å². The van der Waals surface area contributed by atoms with Crippen molar-refractivity contribution in [2.45, 2.75) is 51.5 Å². The minimum Gasteiger partial charge on any atom is -0.496 e. The number of aryl methyl sites for hydroxylation is 1. The zero-order chi connectivity index (χ0) is 23.5. The van der Waals surface area contributed by atoms with Crippen LogP contribution in [0.2, 0.25) is 0 Å². The number of piperazine rings is 1. The zero-order valence-electron chi connectivity index (χ0n) is 20.0. The number of anilines is 1. The van der Waals surface area contributed by atoms with Crippen molar-refractivity contribution >= 4 is 27.7 Å². The number of amides is 1. The fraction of sp³-hybridized carbons (Fsp3) is 0.560. The number of carbonyl (C=O) groups excluding carboxylic acids is 1. The van der Waals surface area contributed by atoms with Gasteiger partial charge < -0.3 is 19.9 Å². The Morgan fingerprint density at radius 3 is 2.67 bits per heavy atom. The molecule has 178 valence electrons. The van der Waals surface area contributed by atoms with Gasteiger partial charge in [-0.3, -0.25) is 4.79 Å². The number of fused-ring (bicyclic) bond motifs is 1. The van der Waals surface area contributed by atoms with E-state index >= 15 is 0 Å². The van der Waals surface area contributed by atoms with Crippen LogP contribution >= 0.6 is 15.9 Å². The van der Waals surface area contributed by atoms with E-state index in [2.05, 4.69) is 56.9 Å². The first-order valence-corrected chi connectivity index (χ1v) is 12.6. The van der Waals surface area contributed by atoms with E-state index < -0.39 is 0 Å². The van der Waals surface area contributed by atoms with Gasteiger partial charge in [-0.15, -0.1) is 0 Å². The molecular formula is C25H34BrN5O2. The molecule has 1 fully saturated rings. The van der Waals surface area contributed by atoms with Crippen LogP contribution in [0.3, 0.4) is 0 Å². The van der Waals surface area contributed by atoms with Crippen molar-refractivity contribution in [2.24, 2.45) is 0 Å². The van der Waals surface area contributed by atoms with Crippen LogP contribution in [-0.2, 0) is 11.2 Å². The van der Waals surface area contributed by atoms with Gasteiger partial charge >= 0.3 is 0 Å². The first kappa shape index (κ1) is 24.0. The number of halogens is 1. The Bertz CT molecular complexity index is 991. The minimum absolute atomic E-state index is 0.168. The molecule has 2 aromatic rings. The molecule has 4 rings (SSSR count). The summed E-state index contributed by atoms with van der Waals surface area (Å²) in [6, 6.07) is 6.23. The lowest BCUT2D eigenvalue weighted by Crippen LogP contribution is -2.51. The second-order valence-corrected chi connectivity index (χ2v) is 10.2. The van der Waals surface area contributed by atoms with Crippen LogP contribution in [0, 0.1) is 0 Å². The summed E-state index contributed by atoms with van der Waals surface area (Å²) >= 11 is 3.57. The molecule has 1 N–H and O–H groups in total. The quantitative estimate of drug-likeness (QED) is 0.605. The second kappa shape index (κ2) is 10.4. The van der Waals surface area contributed by atoms with Crippen LogP contribution in [-0.4, -0.2) is 66.7 Å². The number of ether oxygens (including phenoxy) is 1. The van der Waals surface area contributed by atoms with Gasteiger partial charge in [-0.1, -0.05) is 26.8 Å². The maximum atomic E-state index is 13.7. The number of carbonyl (C=O) groups is 1. The molecule has 33 heavy (non-hydrogen) atoms. The molecule has 1 aliphatic carbocycles. The molecule has 7 nitrogen and oxygen atoms in total. The van der Waals surface area contributed by atoms with Crippen LogP contribution < -0.4 is 15.0 Å². The molecule has 1 amide bonds. The third-order valence-electron chi connectivity index (χ3n) is 6.75. The van der Waals surface area contributed by atoms with Gasteiger partial charge in [-0.2, -0.15) is 0 Å². The molecule has 0 unspecified atom stereocenters. The first-order valence-electron chi connectivity index (χ1n) is 11.8. The Morgan fingerprint density at radius 2 is 2.00 bits per heavy atom. The van der Waals surface area contributed by atoms with Crippen molar-refractivity contribution in [3.05, 3.63) is 45.8 Å². The molecule has 0 spiro atoms. The highest BCUT2D eigenvalue weighted by molar-refractivity contribution is 9.10. The van der Waals surface area contributed by atoms with Gasteiger partial charge in [0.2, 0.25) is 5.91 Å². The Kier molecular flexibility index (Phi) is 7.54. The van der Waals surface area contributed by atoms with Gasteiger partial charge in [0, 0.05) is 50.0 Å². The molecule has 0 saturated carbocycles. The van der Waals surface area contributed by atoms with E-state index in [4.69, 9.17) is 4.74 Å². The molecule has 2 heterocycles. The summed E-state index contributed by atoms with van der Waals surface area (Å²) in [6.45, 7) is 10.0. The summed E-state index contributed by atoms with van der Waals surface area (Å²) < 4.78 is 6.24. The third-order valence-corrected chi connectivity index (χ3v) is 7.37. The molecule has 1 saturated heterocycles. The molecule has 0 radical (unpaired) electrons. The summed E-state index contributed by atoms with van der Waals surface area (Å²) in [5.41, 5.74) is 3.49. The van der Waals surface area contributed by atoms with Gasteiger partial charge in [-0.25, -0.2) is 9.97 Å². The lowest BCUT2D eigenvalue weighted by Gasteiger charge is -2.38. The van der Waals surface area contributed by atoms with E-state index in [1.54, 1.807) is 13.4 Å². The topological polar surface area (TPSA) is 70.6 Å². The summed E-state index contributed by atoms with van der Waals surface area (Å²) in [5.74, 6) is 2.25. The molecule has 2 aliphatic rings. The molecule has 1 aromatic heterocycles. The number of hydrogen-bond acceptors (Lipinski definition) is 6. The van der Waals surface area contributed by atoms with Crippen LogP contribution in [0.25, 0.3) is 0 Å². The average Bonchev–Trinajstić information content (AvgIpc) is 3.20. The molecule has 8 heteroatoms. The van der Waals surface area contributed by atoms with Crippen molar-refractivity contribution in [3.63, 3.8) is 0 Å². The summed E-state index contributed by atoms with van der Waals surface area (Å²) in [6.07, 6.45) is 3.87. The van der Waals surface area contributed by atoms with Crippen LogP contribution in [0.5, 0.6) is 5.75 Å². The first-order chi connectivity index (χ1) is 15.9. The normalized spacial score (nSPS) is 19.0. The maximum absolute atomic E-state index is 13.7. The lowest BCUT2D eigenvalue weighted by atomic mass is 9.96. The predicted molar refractivity (Wildman–Crippen MR) is 134 cm³/mol. The van der Waals surface area contributed by atoms with Gasteiger partial charge in [0.25, 0.3) is 0 Å². The van der Waals surface area contributed by atoms with E-state index in [1.165, 1.54) is 11.3 Å². The fourth-order valence-corrected chi connectivity index (χ4v) is 5.39. The number of aromatic nitrogens is 2. The zero-order valence-corrected chi connectivity index (χ0v) is 21.6. The molecule has 1 aliphatic heterocycles. The van der Waals surface area contributed by atoms with Crippen LogP contribution in [0.4, 0.5) is 5.82 Å². The van der Waals surface area contributed by atoms with Crippen molar-refractivity contribution < 1.29 is 9.53 Å². The number of benzene rings is 1. The number of nitrogens with one attached hydrogen (secondary N) is 1. The van der Waals surface area contributed by atoms with Crippen molar-refractivity contribution in [1.82, 2.24) is 20.2 Å². The van der Waals surface area contributed by atoms with Crippen molar-refractivity contribution in [3.8, 4) is 5.75 Å². The number of rotatable bonds is 7. The Hall–Kier alpha value is -2.19. The number of hydrogen-bond donors (Lipinski definition) is 1. The highest BCUT2D eigenvalue weighted by atomic mass is 79.9. The third kappa shape index (κ3) is 5.17. The van der Waals surface area contributed by atoms with E-state index in [9.17, 15) is 4.79 Å². The number of nitrogens with zero attached hydrogens (tertiary/aromatic N) is 4. The molecular weight excluding hydrogens is 482 g/mol. The van der Waals surface area contributed by atoms with E-state index in [1.807, 2.05) is 23.1 Å². The largest absolute Gasteiger partial charge is 0.496 e. The van der Waals surface area contributed by atoms with Gasteiger partial charge in [0.15, 0.2) is 0 Å². The Balaban J connectivity index is 1.48. The summed E-state index contributed by atoms with van der Waals surface area (Å²) in [5, 5.41) is 3.46. The fourth-order valence-electron chi connectivity index (χ4n) is 4.83. The van der Waals surface area contributed by atoms with Gasteiger partial charge in [0.1, 0.15) is 17.9 Å². The summed E-state index contributed by atoms with van der Waals surface area (Å²) in [4.78, 5) is 27.1. The van der Waals surface area contributed by atoms with Gasteiger partial charge in [-0.05, 0) is 52.4 Å². The van der Waals surface area contributed by atoms with Crippen molar-refractivity contribution in [2.75, 3.05) is 44.7 Å². The molecule has 2 atom stereocenters.